The summed E-state index contributed by atoms with van der Waals surface area (Å²) in [7, 11) is 0. The van der Waals surface area contributed by atoms with E-state index in [1.54, 1.807) is 27.7 Å². The van der Waals surface area contributed by atoms with Gasteiger partial charge in [-0.05, 0) is 27.2 Å². The van der Waals surface area contributed by atoms with Gasteiger partial charge >= 0.3 is 6.09 Å². The first-order valence-corrected chi connectivity index (χ1v) is 4.54. The summed E-state index contributed by atoms with van der Waals surface area (Å²) >= 11 is 0. The van der Waals surface area contributed by atoms with E-state index >= 15 is 0 Å². The number of ether oxygens (including phenoxy) is 1. The number of carbonyl (C=O) groups is 1. The first-order valence-electron chi connectivity index (χ1n) is 4.54. The number of amides is 1. The van der Waals surface area contributed by atoms with Crippen molar-refractivity contribution in [3.05, 3.63) is 0 Å². The summed E-state index contributed by atoms with van der Waals surface area (Å²) in [4.78, 5) is 11.1. The molecule has 0 aromatic heterocycles. The fourth-order valence-electron chi connectivity index (χ4n) is 0.802. The Labute approximate surface area is 96.0 Å². The molecule has 0 unspecified atom stereocenters. The second-order valence-electron chi connectivity index (χ2n) is 4.00. The molecule has 0 saturated carbocycles. The number of rotatable bonds is 3. The Balaban J connectivity index is 0. The molecule has 0 heterocycles. The first kappa shape index (κ1) is 16.9. The van der Waals surface area contributed by atoms with Crippen molar-refractivity contribution in [2.24, 2.45) is 0 Å². The predicted molar refractivity (Wildman–Crippen MR) is 59.8 cm³/mol. The van der Waals surface area contributed by atoms with Gasteiger partial charge in [0.05, 0.1) is 6.04 Å². The van der Waals surface area contributed by atoms with Crippen molar-refractivity contribution in [1.82, 2.24) is 5.32 Å². The Kier molecular flexibility index (Phi) is 7.74. The first-order chi connectivity index (χ1) is 6.26. The molecule has 1 atom stereocenters. The molecule has 0 aliphatic heterocycles. The molecule has 92 valence electrons. The van der Waals surface area contributed by atoms with Gasteiger partial charge in [0.2, 0.25) is 0 Å². The van der Waals surface area contributed by atoms with Gasteiger partial charge in [-0.3, -0.25) is 0 Å². The van der Waals surface area contributed by atoms with E-state index in [1.165, 1.54) is 0 Å². The molecule has 0 aliphatic rings. The standard InChI is InChI=1S/C9H17F2NO2.H2S/c1-5-6(7(10)11)12-8(13)14-9(2,3)4;/h6-7H,5H2,1-4H3,(H,12,13);1H2/t6-;/m0./s1. The van der Waals surface area contributed by atoms with Crippen LogP contribution in [0.15, 0.2) is 0 Å². The quantitative estimate of drug-likeness (QED) is 0.827. The fourth-order valence-corrected chi connectivity index (χ4v) is 0.802. The molecule has 6 heteroatoms. The molecule has 15 heavy (non-hydrogen) atoms. The Bertz CT molecular complexity index is 195. The van der Waals surface area contributed by atoms with Gasteiger partial charge in [-0.2, -0.15) is 13.5 Å². The van der Waals surface area contributed by atoms with Crippen LogP contribution in [0.5, 0.6) is 0 Å². The van der Waals surface area contributed by atoms with Gasteiger partial charge in [-0.25, -0.2) is 13.6 Å². The smallest absolute Gasteiger partial charge is 0.408 e. The van der Waals surface area contributed by atoms with Crippen LogP contribution >= 0.6 is 13.5 Å². The summed E-state index contributed by atoms with van der Waals surface area (Å²) in [6.07, 6.45) is -3.19. The molecular formula is C9H19F2NO2S. The summed E-state index contributed by atoms with van der Waals surface area (Å²) in [6, 6.07) is -1.13. The molecule has 1 N–H and O–H groups in total. The normalized spacial score (nSPS) is 13.0. The number of alkyl halides is 2. The highest BCUT2D eigenvalue weighted by molar-refractivity contribution is 7.59. The van der Waals surface area contributed by atoms with Crippen LogP contribution in [0, 0.1) is 0 Å². The van der Waals surface area contributed by atoms with Gasteiger partial charge in [0.1, 0.15) is 5.60 Å². The van der Waals surface area contributed by atoms with Crippen LogP contribution in [0.3, 0.4) is 0 Å². The van der Waals surface area contributed by atoms with Crippen LogP contribution in [-0.2, 0) is 4.74 Å². The maximum atomic E-state index is 12.2. The number of nitrogens with one attached hydrogen (secondary N) is 1. The largest absolute Gasteiger partial charge is 0.444 e. The number of alkyl carbamates (subject to hydrolysis) is 1. The van der Waals surface area contributed by atoms with Crippen molar-refractivity contribution >= 4 is 19.6 Å². The highest BCUT2D eigenvalue weighted by atomic mass is 32.1. The van der Waals surface area contributed by atoms with E-state index in [0.717, 1.165) is 0 Å². The van der Waals surface area contributed by atoms with Crippen LogP contribution in [-0.4, -0.2) is 24.2 Å². The van der Waals surface area contributed by atoms with E-state index in [2.05, 4.69) is 5.32 Å². The van der Waals surface area contributed by atoms with E-state index in [9.17, 15) is 13.6 Å². The lowest BCUT2D eigenvalue weighted by Crippen LogP contribution is -2.42. The van der Waals surface area contributed by atoms with Crippen LogP contribution in [0.2, 0.25) is 0 Å². The zero-order valence-corrected chi connectivity index (χ0v) is 10.4. The number of hydrogen-bond donors (Lipinski definition) is 1. The molecule has 0 rings (SSSR count). The van der Waals surface area contributed by atoms with E-state index in [0.29, 0.717) is 0 Å². The molecule has 0 bridgehead atoms. The summed E-state index contributed by atoms with van der Waals surface area (Å²) in [5.74, 6) is 0. The summed E-state index contributed by atoms with van der Waals surface area (Å²) in [5.41, 5.74) is -0.662. The third-order valence-electron chi connectivity index (χ3n) is 1.45. The van der Waals surface area contributed by atoms with Crippen molar-refractivity contribution in [1.29, 1.82) is 0 Å². The highest BCUT2D eigenvalue weighted by Crippen LogP contribution is 2.09. The average Bonchev–Trinajstić information content (AvgIpc) is 1.96. The molecule has 0 spiro atoms. The zero-order valence-electron chi connectivity index (χ0n) is 9.43. The molecule has 0 fully saturated rings. The fraction of sp³-hybridized carbons (Fsp3) is 0.889. The van der Waals surface area contributed by atoms with E-state index in [1.807, 2.05) is 0 Å². The molecule has 0 saturated heterocycles. The second-order valence-corrected chi connectivity index (χ2v) is 4.00. The maximum absolute atomic E-state index is 12.2. The van der Waals surface area contributed by atoms with Crippen LogP contribution < -0.4 is 5.32 Å². The lowest BCUT2D eigenvalue weighted by atomic mass is 10.2. The van der Waals surface area contributed by atoms with Gasteiger partial charge in [-0.1, -0.05) is 6.92 Å². The summed E-state index contributed by atoms with van der Waals surface area (Å²) in [5, 5.41) is 2.11. The van der Waals surface area contributed by atoms with Crippen molar-refractivity contribution < 1.29 is 18.3 Å². The Morgan fingerprint density at radius 1 is 1.40 bits per heavy atom. The van der Waals surface area contributed by atoms with Crippen molar-refractivity contribution in [3.63, 3.8) is 0 Å². The lowest BCUT2D eigenvalue weighted by Gasteiger charge is -2.22. The number of halogens is 2. The van der Waals surface area contributed by atoms with E-state index in [-0.39, 0.29) is 19.9 Å². The predicted octanol–water partition coefficient (Wildman–Crippen LogP) is 2.67. The van der Waals surface area contributed by atoms with E-state index < -0.39 is 24.2 Å². The molecular weight excluding hydrogens is 224 g/mol. The Hall–Kier alpha value is -0.520. The topological polar surface area (TPSA) is 38.3 Å². The monoisotopic (exact) mass is 243 g/mol. The van der Waals surface area contributed by atoms with Gasteiger partial charge in [-0.15, -0.1) is 0 Å². The van der Waals surface area contributed by atoms with Crippen molar-refractivity contribution in [2.75, 3.05) is 0 Å². The molecule has 3 nitrogen and oxygen atoms in total. The summed E-state index contributed by atoms with van der Waals surface area (Å²) in [6.45, 7) is 6.61. The molecule has 0 radical (unpaired) electrons. The van der Waals surface area contributed by atoms with Crippen LogP contribution in [0.25, 0.3) is 0 Å². The Morgan fingerprint density at radius 3 is 2.13 bits per heavy atom. The number of hydrogen-bond acceptors (Lipinski definition) is 2. The van der Waals surface area contributed by atoms with Crippen LogP contribution in [0.1, 0.15) is 34.1 Å². The third kappa shape index (κ3) is 8.47. The SMILES string of the molecule is CC[C@H](NC(=O)OC(C)(C)C)C(F)F.S. The van der Waals surface area contributed by atoms with Crippen molar-refractivity contribution in [3.8, 4) is 0 Å². The minimum Gasteiger partial charge on any atom is -0.444 e. The molecule has 0 aromatic carbocycles. The average molecular weight is 243 g/mol. The summed E-state index contributed by atoms with van der Waals surface area (Å²) < 4.78 is 29.3. The Morgan fingerprint density at radius 2 is 1.87 bits per heavy atom. The van der Waals surface area contributed by atoms with E-state index in [4.69, 9.17) is 4.74 Å². The zero-order chi connectivity index (χ0) is 11.4. The lowest BCUT2D eigenvalue weighted by molar-refractivity contribution is 0.0371. The molecule has 0 aromatic rings. The van der Waals surface area contributed by atoms with Gasteiger partial charge in [0, 0.05) is 0 Å². The highest BCUT2D eigenvalue weighted by Gasteiger charge is 2.23. The van der Waals surface area contributed by atoms with Crippen LogP contribution in [0.4, 0.5) is 13.6 Å². The van der Waals surface area contributed by atoms with Crippen molar-refractivity contribution in [2.45, 2.75) is 52.2 Å². The van der Waals surface area contributed by atoms with Gasteiger partial charge in [0.25, 0.3) is 6.43 Å². The second kappa shape index (κ2) is 6.87. The molecule has 1 amide bonds. The molecule has 0 aliphatic carbocycles. The maximum Gasteiger partial charge on any atom is 0.408 e. The van der Waals surface area contributed by atoms with Gasteiger partial charge in [0.15, 0.2) is 0 Å². The third-order valence-corrected chi connectivity index (χ3v) is 1.45. The minimum absolute atomic E-state index is 0. The number of carbonyl (C=O) groups excluding carboxylic acids is 1. The minimum atomic E-state index is -2.56. The van der Waals surface area contributed by atoms with Gasteiger partial charge < -0.3 is 10.1 Å².